The smallest absolute Gasteiger partial charge is 0.246 e. The van der Waals surface area contributed by atoms with E-state index in [0.717, 1.165) is 135 Å². The highest BCUT2D eigenvalue weighted by atomic mass is 35.5. The van der Waals surface area contributed by atoms with Crippen LogP contribution in [0.4, 0.5) is 16.0 Å². The highest BCUT2D eigenvalue weighted by Gasteiger charge is 2.49. The zero-order valence-electron chi connectivity index (χ0n) is 44.7. The molecule has 5 fully saturated rings. The first-order chi connectivity index (χ1) is 35.8. The van der Waals surface area contributed by atoms with Gasteiger partial charge in [-0.3, -0.25) is 19.3 Å². The number of β-amino-alcohol motifs (C(OH)–C–C–N with tert-alkyl or cyclic N) is 1. The van der Waals surface area contributed by atoms with Gasteiger partial charge in [0, 0.05) is 95.3 Å². The maximum atomic E-state index is 14.7. The van der Waals surface area contributed by atoms with Gasteiger partial charge in [-0.2, -0.15) is 0 Å². The van der Waals surface area contributed by atoms with Crippen LogP contribution in [0.5, 0.6) is 0 Å². The third kappa shape index (κ3) is 11.5. The summed E-state index contributed by atoms with van der Waals surface area (Å²) in [5.74, 6) is 0.467. The summed E-state index contributed by atoms with van der Waals surface area (Å²) in [6.45, 7) is 25.0. The number of piperidine rings is 1. The Morgan fingerprint density at radius 2 is 1.63 bits per heavy atom. The Balaban J connectivity index is 0.699. The minimum Gasteiger partial charge on any atom is -0.391 e. The predicted molar refractivity (Wildman–Crippen MR) is 296 cm³/mol. The van der Waals surface area contributed by atoms with Crippen molar-refractivity contribution in [1.82, 2.24) is 45.2 Å². The number of thiazole rings is 1. The molecule has 2 aromatic heterocycles. The van der Waals surface area contributed by atoms with E-state index in [4.69, 9.17) is 16.6 Å². The number of aliphatic hydroxyl groups excluding tert-OH is 1. The van der Waals surface area contributed by atoms with Gasteiger partial charge < -0.3 is 45.2 Å². The number of anilines is 2. The Bertz CT molecular complexity index is 2870. The summed E-state index contributed by atoms with van der Waals surface area (Å²) in [5, 5.41) is 21.0. The number of piperazine rings is 1. The molecule has 15 nitrogen and oxygen atoms in total. The average Bonchev–Trinajstić information content (AvgIpc) is 4.07. The highest BCUT2D eigenvalue weighted by Crippen LogP contribution is 2.41. The van der Waals surface area contributed by atoms with Crippen LogP contribution in [-0.4, -0.2) is 155 Å². The number of nitrogens with zero attached hydrogens (tertiary/aromatic N) is 8. The second kappa shape index (κ2) is 21.7. The number of amides is 3. The molecule has 4 atom stereocenters. The third-order valence-electron chi connectivity index (χ3n) is 16.6. The van der Waals surface area contributed by atoms with Gasteiger partial charge in [0.15, 0.2) is 0 Å². The number of rotatable bonds is 15. The van der Waals surface area contributed by atoms with Crippen LogP contribution >= 0.6 is 22.9 Å². The van der Waals surface area contributed by atoms with Crippen molar-refractivity contribution < 1.29 is 23.9 Å². The zero-order valence-corrected chi connectivity index (χ0v) is 46.3. The number of aryl methyl sites for hydroxylation is 3. The van der Waals surface area contributed by atoms with Crippen molar-refractivity contribution in [3.05, 3.63) is 92.8 Å². The van der Waals surface area contributed by atoms with Gasteiger partial charge in [0.1, 0.15) is 23.4 Å². The number of aliphatic hydroxyl groups is 1. The third-order valence-corrected chi connectivity index (χ3v) is 17.8. The molecule has 5 aliphatic heterocycles. The number of benzene rings is 3. The van der Waals surface area contributed by atoms with Gasteiger partial charge in [-0.15, -0.1) is 11.3 Å². The van der Waals surface area contributed by atoms with Gasteiger partial charge in [-0.05, 0) is 105 Å². The van der Waals surface area contributed by atoms with Crippen LogP contribution in [0.1, 0.15) is 87.4 Å². The molecule has 402 valence electrons. The summed E-state index contributed by atoms with van der Waals surface area (Å²) in [4.78, 5) is 63.8. The molecule has 3 amide bonds. The van der Waals surface area contributed by atoms with Gasteiger partial charge in [-0.1, -0.05) is 68.8 Å². The number of carbonyl (C=O) groups excluding carboxylic acids is 3. The number of halogens is 2. The molecule has 0 unspecified atom stereocenters. The molecular weight excluding hydrogens is 989 g/mol. The number of carbonyl (C=O) groups is 3. The number of hydrogen-bond donors (Lipinski definition) is 4. The first-order valence-corrected chi connectivity index (χ1v) is 28.3. The summed E-state index contributed by atoms with van der Waals surface area (Å²) < 4.78 is 17.0. The topological polar surface area (TPSA) is 154 Å². The van der Waals surface area contributed by atoms with Crippen LogP contribution in [0.25, 0.3) is 21.5 Å². The lowest BCUT2D eigenvalue weighted by Gasteiger charge is -2.56. The zero-order chi connectivity index (χ0) is 52.9. The summed E-state index contributed by atoms with van der Waals surface area (Å²) in [6.07, 6.45) is 1.65. The van der Waals surface area contributed by atoms with E-state index in [0.29, 0.717) is 40.6 Å². The Morgan fingerprint density at radius 3 is 2.25 bits per heavy atom. The van der Waals surface area contributed by atoms with E-state index in [9.17, 15) is 23.9 Å². The molecule has 5 aliphatic rings. The second-order valence-electron chi connectivity index (χ2n) is 23.5. The molecule has 5 aromatic rings. The van der Waals surface area contributed by atoms with Gasteiger partial charge in [0.2, 0.25) is 23.7 Å². The number of imidazole rings is 1. The van der Waals surface area contributed by atoms with E-state index in [1.807, 2.05) is 96.4 Å². The van der Waals surface area contributed by atoms with Crippen molar-refractivity contribution in [3.8, 4) is 10.4 Å². The Labute approximate surface area is 450 Å². The van der Waals surface area contributed by atoms with Crippen LogP contribution in [0, 0.1) is 43.3 Å². The standard InChI is InChI=1S/C57H75ClFN11O4S/c1-35-22-40(23-36(2)49(35)59)28-70-46-25-43(58)24-45(50(46)64-55(70)68-32-57(33-68)30-60-31-57)67-20-18-66(19-21-67)27-39-12-15-65(16-13-39)17-14-48(72)63-52(56(5,6)7)54(74)69-29-44(71)26-47(69)53(73)62-37(3)41-8-10-42(11-9-41)51-38(4)61-34-75-51/h8-11,22-25,34,37,39,44,47,52,60,71H,12-21,26-33H2,1-7H3,(H,62,73)(H,63,72)/t37-,44+,47-,52+/m0/s1. The molecule has 0 radical (unpaired) electrons. The molecule has 3 aromatic carbocycles. The van der Waals surface area contributed by atoms with Crippen LogP contribution in [0.2, 0.25) is 5.02 Å². The molecular formula is C57H75ClFN11O4S. The Hall–Kier alpha value is -5.17. The molecule has 5 saturated heterocycles. The number of hydrogen-bond acceptors (Lipinski definition) is 12. The predicted octanol–water partition coefficient (Wildman–Crippen LogP) is 6.93. The molecule has 1 spiro atoms. The van der Waals surface area contributed by atoms with E-state index in [-0.39, 0.29) is 49.0 Å². The van der Waals surface area contributed by atoms with Crippen molar-refractivity contribution in [1.29, 1.82) is 0 Å². The highest BCUT2D eigenvalue weighted by molar-refractivity contribution is 7.13. The van der Waals surface area contributed by atoms with Gasteiger partial charge >= 0.3 is 0 Å². The minimum atomic E-state index is -0.874. The lowest BCUT2D eigenvalue weighted by molar-refractivity contribution is -0.144. The van der Waals surface area contributed by atoms with E-state index in [2.05, 4.69) is 51.2 Å². The van der Waals surface area contributed by atoms with Gasteiger partial charge in [0.25, 0.3) is 0 Å². The number of nitrogens with one attached hydrogen (secondary N) is 3. The normalized spacial score (nSPS) is 21.3. The molecule has 10 rings (SSSR count). The number of aromatic nitrogens is 3. The van der Waals surface area contributed by atoms with Crippen molar-refractivity contribution in [2.45, 2.75) is 105 Å². The van der Waals surface area contributed by atoms with Crippen LogP contribution < -0.4 is 25.8 Å². The van der Waals surface area contributed by atoms with Crippen LogP contribution in [-0.2, 0) is 20.9 Å². The molecule has 75 heavy (non-hydrogen) atoms. The van der Waals surface area contributed by atoms with Crippen LogP contribution in [0.3, 0.4) is 0 Å². The summed E-state index contributed by atoms with van der Waals surface area (Å²) >= 11 is 8.53. The summed E-state index contributed by atoms with van der Waals surface area (Å²) in [6, 6.07) is 14.0. The number of fused-ring (bicyclic) bond motifs is 1. The molecule has 0 aliphatic carbocycles. The summed E-state index contributed by atoms with van der Waals surface area (Å²) in [5.41, 5.74) is 9.84. The van der Waals surface area contributed by atoms with Crippen molar-refractivity contribution in [2.75, 3.05) is 94.9 Å². The first kappa shape index (κ1) is 53.2. The fourth-order valence-corrected chi connectivity index (χ4v) is 13.2. The largest absolute Gasteiger partial charge is 0.391 e. The quantitative estimate of drug-likeness (QED) is 0.0864. The van der Waals surface area contributed by atoms with E-state index in [1.165, 1.54) is 4.90 Å². The van der Waals surface area contributed by atoms with Crippen LogP contribution in [0.15, 0.2) is 54.0 Å². The van der Waals surface area contributed by atoms with E-state index >= 15 is 0 Å². The fraction of sp³-hybridized carbons (Fsp3) is 0.561. The molecule has 0 bridgehead atoms. The van der Waals surface area contributed by atoms with Crippen molar-refractivity contribution >= 4 is 63.3 Å². The monoisotopic (exact) mass is 1060 g/mol. The maximum absolute atomic E-state index is 14.7. The van der Waals surface area contributed by atoms with E-state index in [1.54, 1.807) is 11.3 Å². The number of likely N-dealkylation sites (tertiary alicyclic amines) is 2. The maximum Gasteiger partial charge on any atom is 0.246 e. The molecule has 4 N–H and O–H groups in total. The Morgan fingerprint density at radius 1 is 0.933 bits per heavy atom. The molecule has 0 saturated carbocycles. The van der Waals surface area contributed by atoms with Crippen molar-refractivity contribution in [2.24, 2.45) is 16.7 Å². The SMILES string of the molecule is Cc1cc(Cn2c(N3CC4(CNC4)C3)nc3c(N4CCN(CC5CCN(CCC(=O)N[C@H](C(=O)N6C[C@H](O)C[C@H]6C(=O)N[C@@H](C)c6ccc(-c7scnc7C)cc6)C(C)(C)C)CC5)CC4)cc(Cl)cc32)cc(C)c1F. The average molecular weight is 1060 g/mol. The van der Waals surface area contributed by atoms with Crippen molar-refractivity contribution in [3.63, 3.8) is 0 Å². The minimum absolute atomic E-state index is 0.0260. The van der Waals surface area contributed by atoms with Gasteiger partial charge in [-0.25, -0.2) is 14.4 Å². The first-order valence-electron chi connectivity index (χ1n) is 27.0. The lowest BCUT2D eigenvalue weighted by Crippen LogP contribution is -2.71. The fourth-order valence-electron chi connectivity index (χ4n) is 12.2. The summed E-state index contributed by atoms with van der Waals surface area (Å²) in [7, 11) is 0. The van der Waals surface area contributed by atoms with E-state index < -0.39 is 23.6 Å². The van der Waals surface area contributed by atoms with Gasteiger partial charge in [0.05, 0.1) is 46.0 Å². The molecule has 7 heterocycles. The second-order valence-corrected chi connectivity index (χ2v) is 24.8. The molecule has 18 heteroatoms. The Kier molecular flexibility index (Phi) is 15.4. The lowest BCUT2D eigenvalue weighted by atomic mass is 9.75.